The Bertz CT molecular complexity index is 1440. The summed E-state index contributed by atoms with van der Waals surface area (Å²) < 4.78 is 0. The van der Waals surface area contributed by atoms with Crippen LogP contribution in [0.15, 0.2) is 60.2 Å². The normalized spacial score (nSPS) is 32.0. The standard InChI is InChI=1S/C40H50N2/c1-28-14-4-3-5-16-30-26-38-34(27-37(30)41(28)35-23-12-17-29-15-6-7-20-32(29)35)33-21-8-9-22-36(33)42(38)39-24-13-19-31-18-10-11-25-40(31,39)2/h7,12-13,17,19-20,23-24,26-28,33,36,39H,3-6,8-11,14-16,18,21-22,25H2,1-2H3. The van der Waals surface area contributed by atoms with Gasteiger partial charge in [-0.1, -0.05) is 87.1 Å². The summed E-state index contributed by atoms with van der Waals surface area (Å²) in [6, 6.07) is 14.2. The van der Waals surface area contributed by atoms with Gasteiger partial charge in [0.05, 0.1) is 6.04 Å². The summed E-state index contributed by atoms with van der Waals surface area (Å²) in [6.45, 7) is 5.10. The van der Waals surface area contributed by atoms with Gasteiger partial charge >= 0.3 is 0 Å². The zero-order valence-electron chi connectivity index (χ0n) is 26.1. The molecule has 2 nitrogen and oxygen atoms in total. The van der Waals surface area contributed by atoms with Crippen LogP contribution in [0.2, 0.25) is 0 Å². The fourth-order valence-electron chi connectivity index (χ4n) is 10.0. The first-order valence-corrected chi connectivity index (χ1v) is 17.5. The quantitative estimate of drug-likeness (QED) is 0.362. The molecule has 2 aliphatic heterocycles. The molecule has 2 fully saturated rings. The Morgan fingerprint density at radius 3 is 2.64 bits per heavy atom. The molecule has 2 heterocycles. The predicted molar refractivity (Wildman–Crippen MR) is 179 cm³/mol. The molecule has 6 aliphatic rings. The van der Waals surface area contributed by atoms with E-state index in [1.807, 2.05) is 0 Å². The van der Waals surface area contributed by atoms with E-state index < -0.39 is 0 Å². The van der Waals surface area contributed by atoms with Crippen molar-refractivity contribution in [3.63, 3.8) is 0 Å². The van der Waals surface area contributed by atoms with Crippen LogP contribution in [0.1, 0.15) is 125 Å². The van der Waals surface area contributed by atoms with Crippen molar-refractivity contribution < 1.29 is 0 Å². The van der Waals surface area contributed by atoms with E-state index in [0.29, 0.717) is 24.0 Å². The molecule has 0 amide bonds. The number of allylic oxidation sites excluding steroid dienone is 3. The lowest BCUT2D eigenvalue weighted by Crippen LogP contribution is -2.52. The van der Waals surface area contributed by atoms with Crippen LogP contribution in [0.4, 0.5) is 17.1 Å². The van der Waals surface area contributed by atoms with Crippen LogP contribution in [0.5, 0.6) is 0 Å². The van der Waals surface area contributed by atoms with Crippen molar-refractivity contribution in [2.45, 2.75) is 134 Å². The maximum Gasteiger partial charge on any atom is 0.0570 e. The number of hydrogen-bond acceptors (Lipinski definition) is 2. The Hall–Kier alpha value is -2.74. The summed E-state index contributed by atoms with van der Waals surface area (Å²) in [6.07, 6.45) is 31.9. The van der Waals surface area contributed by atoms with Gasteiger partial charge in [0.15, 0.2) is 0 Å². The van der Waals surface area contributed by atoms with Gasteiger partial charge in [0.2, 0.25) is 0 Å². The van der Waals surface area contributed by atoms with E-state index in [4.69, 9.17) is 0 Å². The summed E-state index contributed by atoms with van der Waals surface area (Å²) in [5, 5.41) is 0. The van der Waals surface area contributed by atoms with E-state index in [1.54, 1.807) is 22.4 Å². The monoisotopic (exact) mass is 558 g/mol. The van der Waals surface area contributed by atoms with Crippen molar-refractivity contribution in [2.75, 3.05) is 9.80 Å². The molecule has 2 saturated carbocycles. The van der Waals surface area contributed by atoms with E-state index in [1.165, 1.54) is 119 Å². The molecule has 2 aromatic rings. The first-order chi connectivity index (χ1) is 20.6. The van der Waals surface area contributed by atoms with Gasteiger partial charge in [0.25, 0.3) is 0 Å². The topological polar surface area (TPSA) is 6.48 Å². The third-order valence-electron chi connectivity index (χ3n) is 12.2. The number of hydrogen-bond donors (Lipinski definition) is 0. The molecular weight excluding hydrogens is 508 g/mol. The second-order valence-electron chi connectivity index (χ2n) is 14.7. The molecule has 220 valence electrons. The van der Waals surface area contributed by atoms with Crippen molar-refractivity contribution >= 4 is 23.1 Å². The number of benzene rings is 2. The van der Waals surface area contributed by atoms with Crippen molar-refractivity contribution in [1.82, 2.24) is 0 Å². The maximum absolute atomic E-state index is 2.99. The molecule has 2 heteroatoms. The zero-order chi connectivity index (χ0) is 28.3. The molecule has 0 radical (unpaired) electrons. The minimum absolute atomic E-state index is 0.272. The van der Waals surface area contributed by atoms with Crippen LogP contribution in [0.3, 0.4) is 0 Å². The fraction of sp³-hybridized carbons (Fsp3) is 0.550. The minimum Gasteiger partial charge on any atom is -0.360 e. The first kappa shape index (κ1) is 26.9. The Balaban J connectivity index is 1.29. The van der Waals surface area contributed by atoms with Crippen LogP contribution in [0, 0.1) is 5.41 Å². The number of nitrogens with zero attached hydrogens (tertiary/aromatic N) is 2. The summed E-state index contributed by atoms with van der Waals surface area (Å²) in [7, 11) is 0. The van der Waals surface area contributed by atoms with Gasteiger partial charge in [0, 0.05) is 46.0 Å². The summed E-state index contributed by atoms with van der Waals surface area (Å²) in [5.74, 6) is 0.670. The molecule has 5 atom stereocenters. The Labute approximate surface area is 254 Å². The average molecular weight is 559 g/mol. The van der Waals surface area contributed by atoms with Gasteiger partial charge in [-0.2, -0.15) is 0 Å². The zero-order valence-corrected chi connectivity index (χ0v) is 26.1. The van der Waals surface area contributed by atoms with E-state index in [-0.39, 0.29) is 5.41 Å². The summed E-state index contributed by atoms with van der Waals surface area (Å²) in [4.78, 5) is 5.78. The largest absolute Gasteiger partial charge is 0.360 e. The molecule has 0 aromatic heterocycles. The Morgan fingerprint density at radius 1 is 0.810 bits per heavy atom. The Kier molecular flexibility index (Phi) is 6.88. The van der Waals surface area contributed by atoms with Gasteiger partial charge in [-0.25, -0.2) is 0 Å². The molecule has 2 aromatic carbocycles. The highest BCUT2D eigenvalue weighted by atomic mass is 15.2. The third kappa shape index (κ3) is 4.26. The van der Waals surface area contributed by atoms with Crippen molar-refractivity contribution in [2.24, 2.45) is 5.41 Å². The van der Waals surface area contributed by atoms with E-state index >= 15 is 0 Å². The number of fused-ring (bicyclic) bond motifs is 6. The van der Waals surface area contributed by atoms with Crippen LogP contribution in [-0.4, -0.2) is 18.1 Å². The SMILES string of the molecule is CC1CCCCCc2cc3c(cc2N1c1cccc2c1C=CCC2)C1CCCCC1N3C1C=CC=C2CCCCC21C. The molecular formula is C40H50N2. The van der Waals surface area contributed by atoms with Crippen molar-refractivity contribution in [3.8, 4) is 0 Å². The molecule has 42 heavy (non-hydrogen) atoms. The number of anilines is 3. The lowest BCUT2D eigenvalue weighted by molar-refractivity contribution is 0.241. The molecule has 0 saturated heterocycles. The van der Waals surface area contributed by atoms with Crippen molar-refractivity contribution in [3.05, 3.63) is 82.5 Å². The predicted octanol–water partition coefficient (Wildman–Crippen LogP) is 10.6. The van der Waals surface area contributed by atoms with Gasteiger partial charge < -0.3 is 9.80 Å². The number of rotatable bonds is 2. The summed E-state index contributed by atoms with van der Waals surface area (Å²) in [5.41, 5.74) is 12.8. The minimum atomic E-state index is 0.272. The highest BCUT2D eigenvalue weighted by Crippen LogP contribution is 2.56. The number of aryl methyl sites for hydroxylation is 2. The van der Waals surface area contributed by atoms with Crippen molar-refractivity contribution in [1.29, 1.82) is 0 Å². The second-order valence-corrected chi connectivity index (χ2v) is 14.7. The van der Waals surface area contributed by atoms with Gasteiger partial charge in [-0.3, -0.25) is 0 Å². The smallest absolute Gasteiger partial charge is 0.0570 e. The van der Waals surface area contributed by atoms with E-state index in [2.05, 4.69) is 84.4 Å². The molecule has 0 spiro atoms. The van der Waals surface area contributed by atoms with Crippen LogP contribution < -0.4 is 9.80 Å². The molecule has 8 rings (SSSR count). The first-order valence-electron chi connectivity index (χ1n) is 17.5. The molecule has 5 unspecified atom stereocenters. The summed E-state index contributed by atoms with van der Waals surface area (Å²) >= 11 is 0. The third-order valence-corrected chi connectivity index (χ3v) is 12.2. The van der Waals surface area contributed by atoms with Crippen LogP contribution in [-0.2, 0) is 12.8 Å². The second kappa shape index (κ2) is 10.8. The van der Waals surface area contributed by atoms with Gasteiger partial charge in [-0.05, 0) is 106 Å². The lowest BCUT2D eigenvalue weighted by Gasteiger charge is -2.50. The Morgan fingerprint density at radius 2 is 1.69 bits per heavy atom. The lowest BCUT2D eigenvalue weighted by atomic mass is 9.64. The fourth-order valence-corrected chi connectivity index (χ4v) is 10.0. The van der Waals surface area contributed by atoms with E-state index in [9.17, 15) is 0 Å². The highest BCUT2D eigenvalue weighted by molar-refractivity contribution is 5.81. The van der Waals surface area contributed by atoms with Gasteiger partial charge in [-0.15, -0.1) is 0 Å². The molecule has 0 N–H and O–H groups in total. The molecule has 0 bridgehead atoms. The average Bonchev–Trinajstić information content (AvgIpc) is 3.36. The van der Waals surface area contributed by atoms with E-state index in [0.717, 1.165) is 0 Å². The van der Waals surface area contributed by atoms with Crippen LogP contribution >= 0.6 is 0 Å². The highest BCUT2D eigenvalue weighted by Gasteiger charge is 2.49. The van der Waals surface area contributed by atoms with Crippen LogP contribution in [0.25, 0.3) is 6.08 Å². The molecule has 4 aliphatic carbocycles. The van der Waals surface area contributed by atoms with Gasteiger partial charge in [0.1, 0.15) is 0 Å². The maximum atomic E-state index is 2.99.